The molecule has 1 amide bonds. The second-order valence-corrected chi connectivity index (χ2v) is 3.41. The average Bonchev–Trinajstić information content (AvgIpc) is 2.27. The van der Waals surface area contributed by atoms with Gasteiger partial charge in [-0.05, 0) is 17.7 Å². The van der Waals surface area contributed by atoms with Gasteiger partial charge in [-0.2, -0.15) is 0 Å². The van der Waals surface area contributed by atoms with Crippen molar-refractivity contribution in [3.8, 4) is 5.75 Å². The Kier molecular flexibility index (Phi) is 3.50. The third-order valence-electron chi connectivity index (χ3n) is 2.10. The van der Waals surface area contributed by atoms with E-state index in [4.69, 9.17) is 4.74 Å². The fourth-order valence-electron chi connectivity index (χ4n) is 1.19. The van der Waals surface area contributed by atoms with Gasteiger partial charge in [-0.25, -0.2) is 0 Å². The fraction of sp³-hybridized carbons (Fsp3) is 0.250. The molecule has 0 saturated carbocycles. The zero-order chi connectivity index (χ0) is 11.4. The van der Waals surface area contributed by atoms with Crippen LogP contribution >= 0.6 is 0 Å². The molecule has 0 heterocycles. The average molecular weight is 205 g/mol. The summed E-state index contributed by atoms with van der Waals surface area (Å²) >= 11 is 0. The number of likely N-dealkylation sites (N-methyl/N-ethyl adjacent to an activating group) is 1. The lowest BCUT2D eigenvalue weighted by atomic mass is 10.1. The SMILES string of the molecule is C=C(C(=O)N(C)C)c1ccc(OC)cc1. The van der Waals surface area contributed by atoms with Crippen LogP contribution in [0.5, 0.6) is 5.75 Å². The maximum absolute atomic E-state index is 11.6. The summed E-state index contributed by atoms with van der Waals surface area (Å²) in [5, 5.41) is 0. The van der Waals surface area contributed by atoms with Crippen LogP contribution in [-0.4, -0.2) is 32.0 Å². The molecule has 0 aliphatic rings. The summed E-state index contributed by atoms with van der Waals surface area (Å²) in [6.07, 6.45) is 0. The zero-order valence-corrected chi connectivity index (χ0v) is 9.28. The van der Waals surface area contributed by atoms with Crippen LogP contribution in [0.1, 0.15) is 5.56 Å². The van der Waals surface area contributed by atoms with Crippen molar-refractivity contribution in [1.82, 2.24) is 4.90 Å². The van der Waals surface area contributed by atoms with Crippen LogP contribution in [0.3, 0.4) is 0 Å². The van der Waals surface area contributed by atoms with Gasteiger partial charge in [0, 0.05) is 19.7 Å². The number of rotatable bonds is 3. The smallest absolute Gasteiger partial charge is 0.253 e. The Morgan fingerprint density at radius 3 is 2.20 bits per heavy atom. The summed E-state index contributed by atoms with van der Waals surface area (Å²) in [6.45, 7) is 3.77. The number of amides is 1. The molecule has 80 valence electrons. The van der Waals surface area contributed by atoms with E-state index in [1.807, 2.05) is 24.3 Å². The number of ether oxygens (including phenoxy) is 1. The van der Waals surface area contributed by atoms with E-state index in [2.05, 4.69) is 6.58 Å². The van der Waals surface area contributed by atoms with Crippen LogP contribution in [0.15, 0.2) is 30.8 Å². The minimum Gasteiger partial charge on any atom is -0.497 e. The van der Waals surface area contributed by atoms with E-state index in [0.717, 1.165) is 11.3 Å². The maximum Gasteiger partial charge on any atom is 0.253 e. The number of carbonyl (C=O) groups is 1. The predicted octanol–water partition coefficient (Wildman–Crippen LogP) is 1.80. The Bertz CT molecular complexity index is 366. The Morgan fingerprint density at radius 2 is 1.80 bits per heavy atom. The van der Waals surface area contributed by atoms with Crippen molar-refractivity contribution in [2.45, 2.75) is 0 Å². The van der Waals surface area contributed by atoms with Crippen molar-refractivity contribution in [1.29, 1.82) is 0 Å². The Balaban J connectivity index is 2.88. The van der Waals surface area contributed by atoms with Gasteiger partial charge in [0.15, 0.2) is 0 Å². The second-order valence-electron chi connectivity index (χ2n) is 3.41. The van der Waals surface area contributed by atoms with Gasteiger partial charge in [-0.1, -0.05) is 18.7 Å². The molecule has 1 aromatic carbocycles. The second kappa shape index (κ2) is 4.64. The van der Waals surface area contributed by atoms with Crippen molar-refractivity contribution < 1.29 is 9.53 Å². The summed E-state index contributed by atoms with van der Waals surface area (Å²) in [6, 6.07) is 7.26. The maximum atomic E-state index is 11.6. The molecule has 0 N–H and O–H groups in total. The normalized spacial score (nSPS) is 9.53. The van der Waals surface area contributed by atoms with Gasteiger partial charge in [0.05, 0.1) is 7.11 Å². The number of benzene rings is 1. The quantitative estimate of drug-likeness (QED) is 0.704. The molecule has 0 bridgehead atoms. The summed E-state index contributed by atoms with van der Waals surface area (Å²) < 4.78 is 5.03. The van der Waals surface area contributed by atoms with Gasteiger partial charge in [-0.15, -0.1) is 0 Å². The fourth-order valence-corrected chi connectivity index (χ4v) is 1.19. The highest BCUT2D eigenvalue weighted by atomic mass is 16.5. The molecule has 0 aliphatic carbocycles. The summed E-state index contributed by atoms with van der Waals surface area (Å²) in [5.41, 5.74) is 1.30. The van der Waals surface area contributed by atoms with E-state index >= 15 is 0 Å². The number of hydrogen-bond donors (Lipinski definition) is 0. The van der Waals surface area contributed by atoms with Crippen molar-refractivity contribution in [2.75, 3.05) is 21.2 Å². The summed E-state index contributed by atoms with van der Waals surface area (Å²) in [4.78, 5) is 13.1. The van der Waals surface area contributed by atoms with Crippen molar-refractivity contribution >= 4 is 11.5 Å². The number of nitrogens with zero attached hydrogens (tertiary/aromatic N) is 1. The molecule has 3 nitrogen and oxygen atoms in total. The highest BCUT2D eigenvalue weighted by Crippen LogP contribution is 2.18. The highest BCUT2D eigenvalue weighted by Gasteiger charge is 2.10. The molecular weight excluding hydrogens is 190 g/mol. The molecule has 3 heteroatoms. The summed E-state index contributed by atoms with van der Waals surface area (Å²) in [7, 11) is 5.02. The molecule has 0 aromatic heterocycles. The zero-order valence-electron chi connectivity index (χ0n) is 9.28. The van der Waals surface area contributed by atoms with E-state index < -0.39 is 0 Å². The Morgan fingerprint density at radius 1 is 1.27 bits per heavy atom. The van der Waals surface area contributed by atoms with E-state index in [1.165, 1.54) is 4.90 Å². The molecule has 0 atom stereocenters. The van der Waals surface area contributed by atoms with Gasteiger partial charge >= 0.3 is 0 Å². The van der Waals surface area contributed by atoms with Crippen LogP contribution in [0.2, 0.25) is 0 Å². The first-order valence-electron chi connectivity index (χ1n) is 4.61. The number of carbonyl (C=O) groups excluding carboxylic acids is 1. The van der Waals surface area contributed by atoms with Gasteiger partial charge in [0.2, 0.25) is 0 Å². The van der Waals surface area contributed by atoms with Crippen LogP contribution in [0.25, 0.3) is 5.57 Å². The molecular formula is C12H15NO2. The van der Waals surface area contributed by atoms with Crippen molar-refractivity contribution in [3.63, 3.8) is 0 Å². The van der Waals surface area contributed by atoms with Gasteiger partial charge in [-0.3, -0.25) is 4.79 Å². The summed E-state index contributed by atoms with van der Waals surface area (Å²) in [5.74, 6) is 0.684. The lowest BCUT2D eigenvalue weighted by molar-refractivity contribution is -0.122. The first-order chi connectivity index (χ1) is 7.06. The standard InChI is InChI=1S/C12H15NO2/c1-9(12(14)13(2)3)10-5-7-11(15-4)8-6-10/h5-8H,1H2,2-4H3. The van der Waals surface area contributed by atoms with Crippen molar-refractivity contribution in [3.05, 3.63) is 36.4 Å². The first-order valence-corrected chi connectivity index (χ1v) is 4.61. The largest absolute Gasteiger partial charge is 0.497 e. The van der Waals surface area contributed by atoms with Crippen LogP contribution < -0.4 is 4.74 Å². The lowest BCUT2D eigenvalue weighted by Gasteiger charge is -2.12. The van der Waals surface area contributed by atoms with Crippen LogP contribution in [0, 0.1) is 0 Å². The van der Waals surface area contributed by atoms with Crippen LogP contribution in [0.4, 0.5) is 0 Å². The monoisotopic (exact) mass is 205 g/mol. The lowest BCUT2D eigenvalue weighted by Crippen LogP contribution is -2.22. The van der Waals surface area contributed by atoms with Gasteiger partial charge in [0.1, 0.15) is 5.75 Å². The molecule has 0 radical (unpaired) electrons. The molecule has 0 saturated heterocycles. The van der Waals surface area contributed by atoms with E-state index in [0.29, 0.717) is 5.57 Å². The van der Waals surface area contributed by atoms with Crippen molar-refractivity contribution in [2.24, 2.45) is 0 Å². The topological polar surface area (TPSA) is 29.5 Å². The van der Waals surface area contributed by atoms with Gasteiger partial charge in [0.25, 0.3) is 5.91 Å². The van der Waals surface area contributed by atoms with E-state index in [-0.39, 0.29) is 5.91 Å². The minimum absolute atomic E-state index is 0.0832. The number of hydrogen-bond acceptors (Lipinski definition) is 2. The molecule has 0 fully saturated rings. The molecule has 0 unspecified atom stereocenters. The van der Waals surface area contributed by atoms with Crippen LogP contribution in [-0.2, 0) is 4.79 Å². The van der Waals surface area contributed by atoms with E-state index in [1.54, 1.807) is 21.2 Å². The molecule has 1 aromatic rings. The third-order valence-corrected chi connectivity index (χ3v) is 2.10. The molecule has 15 heavy (non-hydrogen) atoms. The third kappa shape index (κ3) is 2.59. The van der Waals surface area contributed by atoms with Gasteiger partial charge < -0.3 is 9.64 Å². The Hall–Kier alpha value is -1.77. The number of methoxy groups -OCH3 is 1. The molecule has 0 aliphatic heterocycles. The highest BCUT2D eigenvalue weighted by molar-refractivity contribution is 6.18. The van der Waals surface area contributed by atoms with E-state index in [9.17, 15) is 4.79 Å². The molecule has 1 rings (SSSR count). The first kappa shape index (κ1) is 11.3. The minimum atomic E-state index is -0.0832. The Labute approximate surface area is 90.0 Å². The predicted molar refractivity (Wildman–Crippen MR) is 60.7 cm³/mol. The molecule has 0 spiro atoms.